The van der Waals surface area contributed by atoms with Gasteiger partial charge >= 0.3 is 5.97 Å². The molecule has 0 unspecified atom stereocenters. The minimum absolute atomic E-state index is 0.0591. The van der Waals surface area contributed by atoms with Gasteiger partial charge in [0.15, 0.2) is 0 Å². The van der Waals surface area contributed by atoms with Crippen LogP contribution in [0.3, 0.4) is 0 Å². The predicted molar refractivity (Wildman–Crippen MR) is 168 cm³/mol. The summed E-state index contributed by atoms with van der Waals surface area (Å²) in [7, 11) is -7.89. The molecule has 0 aromatic heterocycles. The van der Waals surface area contributed by atoms with E-state index in [9.17, 15) is 17.8 Å². The molecule has 230 valence electrons. The largest absolute Gasteiger partial charge is 0.460 e. The Kier molecular flexibility index (Phi) is 12.4. The van der Waals surface area contributed by atoms with E-state index >= 15 is 0 Å². The first-order valence-electron chi connectivity index (χ1n) is 14.6. The van der Waals surface area contributed by atoms with Crippen molar-refractivity contribution >= 4 is 23.4 Å². The number of carbonyl (C=O) groups excluding carboxylic acids is 1. The summed E-state index contributed by atoms with van der Waals surface area (Å²) >= 11 is 0. The van der Waals surface area contributed by atoms with Crippen molar-refractivity contribution in [1.82, 2.24) is 4.72 Å². The van der Waals surface area contributed by atoms with Crippen LogP contribution in [0.15, 0.2) is 47.4 Å². The van der Waals surface area contributed by atoms with Crippen molar-refractivity contribution in [3.05, 3.63) is 64.7 Å². The number of benzene rings is 2. The van der Waals surface area contributed by atoms with Gasteiger partial charge in [-0.1, -0.05) is 84.0 Å². The molecule has 7 nitrogen and oxygen atoms in total. The van der Waals surface area contributed by atoms with Gasteiger partial charge in [0, 0.05) is 6.16 Å². The number of sulfonamides is 1. The van der Waals surface area contributed by atoms with Crippen LogP contribution in [0.25, 0.3) is 0 Å². The number of carbonyl (C=O) groups is 1. The van der Waals surface area contributed by atoms with Gasteiger partial charge in [0.1, 0.15) is 11.4 Å². The molecule has 0 heterocycles. The second-order valence-electron chi connectivity index (χ2n) is 12.5. The zero-order valence-corrected chi connectivity index (χ0v) is 28.2. The summed E-state index contributed by atoms with van der Waals surface area (Å²) in [4.78, 5) is 12.8. The summed E-state index contributed by atoms with van der Waals surface area (Å²) in [6, 6.07) is 13.3. The zero-order chi connectivity index (χ0) is 31.2. The molecule has 2 atom stereocenters. The van der Waals surface area contributed by atoms with Crippen LogP contribution in [-0.2, 0) is 35.1 Å². The van der Waals surface area contributed by atoms with E-state index in [0.717, 1.165) is 22.3 Å². The average Bonchev–Trinajstić information content (AvgIpc) is 2.86. The third-order valence-electron chi connectivity index (χ3n) is 6.78. The fourth-order valence-corrected chi connectivity index (χ4v) is 9.57. The quantitative estimate of drug-likeness (QED) is 0.173. The Morgan fingerprint density at radius 3 is 1.90 bits per heavy atom. The third kappa shape index (κ3) is 10.1. The number of hydrogen-bond donors (Lipinski definition) is 1. The van der Waals surface area contributed by atoms with E-state index in [0.29, 0.717) is 0 Å². The van der Waals surface area contributed by atoms with E-state index < -0.39 is 34.7 Å². The SMILES string of the molecule is CCO[P@](=O)(CCC(=O)OC(C)(C)C)[C@H](Cc1ccccc1)NS(=O)(=O)c1c(C(C)C)cc(C(C)C)cc1C(C)C. The number of esters is 1. The molecule has 2 aromatic carbocycles. The van der Waals surface area contributed by atoms with Gasteiger partial charge in [-0.15, -0.1) is 0 Å². The van der Waals surface area contributed by atoms with Crippen molar-refractivity contribution in [1.29, 1.82) is 0 Å². The van der Waals surface area contributed by atoms with Gasteiger partial charge in [-0.05, 0) is 74.1 Å². The first kappa shape index (κ1) is 35.2. The van der Waals surface area contributed by atoms with Crippen LogP contribution in [0.4, 0.5) is 0 Å². The second kappa shape index (κ2) is 14.5. The Morgan fingerprint density at radius 1 is 0.927 bits per heavy atom. The van der Waals surface area contributed by atoms with Gasteiger partial charge < -0.3 is 9.26 Å². The fourth-order valence-electron chi connectivity index (χ4n) is 4.70. The number of rotatable bonds is 14. The number of hydrogen-bond acceptors (Lipinski definition) is 6. The molecule has 41 heavy (non-hydrogen) atoms. The molecule has 0 amide bonds. The number of ether oxygens (including phenoxy) is 1. The molecule has 2 rings (SSSR count). The molecule has 0 saturated heterocycles. The van der Waals surface area contributed by atoms with Crippen molar-refractivity contribution < 1.29 is 27.0 Å². The maximum absolute atomic E-state index is 14.5. The lowest BCUT2D eigenvalue weighted by molar-refractivity contribution is -0.154. The lowest BCUT2D eigenvalue weighted by atomic mass is 9.89. The van der Waals surface area contributed by atoms with Crippen molar-refractivity contribution in [2.24, 2.45) is 0 Å². The lowest BCUT2D eigenvalue weighted by Gasteiger charge is -2.30. The summed E-state index contributed by atoms with van der Waals surface area (Å²) in [6.07, 6.45) is -0.154. The van der Waals surface area contributed by atoms with E-state index in [1.807, 2.05) is 70.2 Å². The van der Waals surface area contributed by atoms with Crippen LogP contribution >= 0.6 is 7.37 Å². The smallest absolute Gasteiger partial charge is 0.306 e. The van der Waals surface area contributed by atoms with Gasteiger partial charge in [0.05, 0.1) is 17.9 Å². The Hall–Kier alpha value is -1.99. The van der Waals surface area contributed by atoms with Crippen molar-refractivity contribution in [3.8, 4) is 0 Å². The van der Waals surface area contributed by atoms with Gasteiger partial charge in [-0.25, -0.2) is 8.42 Å². The Bertz CT molecular complexity index is 1280. The Morgan fingerprint density at radius 2 is 1.46 bits per heavy atom. The number of nitrogens with one attached hydrogen (secondary N) is 1. The van der Waals surface area contributed by atoms with E-state index in [1.54, 1.807) is 27.7 Å². The molecule has 0 radical (unpaired) electrons. The highest BCUT2D eigenvalue weighted by Crippen LogP contribution is 2.53. The summed E-state index contributed by atoms with van der Waals surface area (Å²) < 4.78 is 57.4. The van der Waals surface area contributed by atoms with E-state index in [-0.39, 0.29) is 48.3 Å². The minimum Gasteiger partial charge on any atom is -0.460 e. The molecule has 2 aromatic rings. The van der Waals surface area contributed by atoms with Crippen molar-refractivity contribution in [2.75, 3.05) is 12.8 Å². The topological polar surface area (TPSA) is 98.8 Å². The standard InChI is InChI=1S/C32H50NO6PS/c1-11-38-40(35,18-17-30(34)39-32(8,9)10)29(19-25-15-13-12-14-16-25)33-41(36,37)31-27(23(4)5)20-26(22(2)3)21-28(31)24(6)7/h12-16,20-24,29,33H,11,17-19H2,1-10H3/t29-,40-/m1/s1. The molecule has 9 heteroatoms. The summed E-state index contributed by atoms with van der Waals surface area (Å²) in [5.74, 6) is -1.48. The summed E-state index contributed by atoms with van der Waals surface area (Å²) in [5.41, 5.74) is 2.65. The van der Waals surface area contributed by atoms with E-state index in [4.69, 9.17) is 9.26 Å². The lowest BCUT2D eigenvalue weighted by Crippen LogP contribution is -2.39. The summed E-state index contributed by atoms with van der Waals surface area (Å²) in [6.45, 7) is 19.2. The highest BCUT2D eigenvalue weighted by atomic mass is 32.2. The van der Waals surface area contributed by atoms with Gasteiger partial charge in [0.2, 0.25) is 17.4 Å². The molecule has 0 aliphatic carbocycles. The molecular formula is C32H50NO6PS. The van der Waals surface area contributed by atoms with Crippen LogP contribution in [0.1, 0.15) is 116 Å². The maximum atomic E-state index is 14.5. The molecular weight excluding hydrogens is 557 g/mol. The zero-order valence-electron chi connectivity index (χ0n) is 26.5. The fraction of sp³-hybridized carbons (Fsp3) is 0.594. The first-order chi connectivity index (χ1) is 18.9. The van der Waals surface area contributed by atoms with Crippen molar-refractivity contribution in [3.63, 3.8) is 0 Å². The normalized spacial score (nSPS) is 14.9. The van der Waals surface area contributed by atoms with Crippen molar-refractivity contribution in [2.45, 2.75) is 116 Å². The highest BCUT2D eigenvalue weighted by molar-refractivity contribution is 7.90. The minimum atomic E-state index is -4.16. The molecule has 0 aliphatic rings. The van der Waals surface area contributed by atoms with Crippen LogP contribution < -0.4 is 4.72 Å². The second-order valence-corrected chi connectivity index (χ2v) is 17.0. The molecule has 0 aliphatic heterocycles. The summed E-state index contributed by atoms with van der Waals surface area (Å²) in [5, 5.41) is 0. The Labute approximate surface area is 248 Å². The molecule has 0 bridgehead atoms. The maximum Gasteiger partial charge on any atom is 0.306 e. The van der Waals surface area contributed by atoms with Crippen LogP contribution in [0.5, 0.6) is 0 Å². The Balaban J connectivity index is 2.66. The van der Waals surface area contributed by atoms with E-state index in [1.165, 1.54) is 0 Å². The first-order valence-corrected chi connectivity index (χ1v) is 18.0. The van der Waals surface area contributed by atoms with Gasteiger partial charge in [0.25, 0.3) is 0 Å². The average molecular weight is 608 g/mol. The predicted octanol–water partition coefficient (Wildman–Crippen LogP) is 7.95. The molecule has 0 spiro atoms. The molecule has 0 saturated carbocycles. The van der Waals surface area contributed by atoms with E-state index in [2.05, 4.69) is 18.6 Å². The monoisotopic (exact) mass is 607 g/mol. The van der Waals surface area contributed by atoms with Gasteiger partial charge in [-0.3, -0.25) is 9.36 Å². The van der Waals surface area contributed by atoms with Gasteiger partial charge in [-0.2, -0.15) is 4.72 Å². The van der Waals surface area contributed by atoms with Crippen LogP contribution in [0.2, 0.25) is 0 Å². The highest BCUT2D eigenvalue weighted by Gasteiger charge is 2.39. The third-order valence-corrected chi connectivity index (χ3v) is 11.4. The molecule has 1 N–H and O–H groups in total. The van der Waals surface area contributed by atoms with Crippen LogP contribution in [0, 0.1) is 0 Å². The van der Waals surface area contributed by atoms with Crippen LogP contribution in [-0.4, -0.2) is 38.5 Å². The molecule has 0 fully saturated rings.